The number of carbonyl (C=O) groups is 2. The van der Waals surface area contributed by atoms with Gasteiger partial charge in [0.1, 0.15) is 5.82 Å². The number of hydrogen-bond acceptors (Lipinski definition) is 7. The lowest BCUT2D eigenvalue weighted by molar-refractivity contribution is 0.0520. The Morgan fingerprint density at radius 2 is 1.79 bits per heavy atom. The molecule has 3 rings (SSSR count). The summed E-state index contributed by atoms with van der Waals surface area (Å²) >= 11 is 0. The van der Waals surface area contributed by atoms with Crippen molar-refractivity contribution in [1.82, 2.24) is 20.1 Å². The van der Waals surface area contributed by atoms with Crippen molar-refractivity contribution in [2.45, 2.75) is 77.9 Å². The Bertz CT molecular complexity index is 1010. The smallest absolute Gasteiger partial charge is 0.408 e. The molecule has 0 radical (unpaired) electrons. The Kier molecular flexibility index (Phi) is 7.04. The van der Waals surface area contributed by atoms with E-state index in [2.05, 4.69) is 25.8 Å². The predicted molar refractivity (Wildman–Crippen MR) is 127 cm³/mol. The molecule has 2 atom stereocenters. The lowest BCUT2D eigenvalue weighted by atomic mass is 9.86. The molecule has 0 spiro atoms. The summed E-state index contributed by atoms with van der Waals surface area (Å²) in [6, 6.07) is 5.11. The number of amides is 2. The average molecular weight is 456 g/mol. The fourth-order valence-electron chi connectivity index (χ4n) is 4.49. The maximum atomic E-state index is 12.1. The number of carboxylic acid groups (broad SMARTS) is 1. The molecule has 33 heavy (non-hydrogen) atoms. The summed E-state index contributed by atoms with van der Waals surface area (Å²) in [5.41, 5.74) is 7.21. The molecule has 1 saturated carbocycles. The maximum absolute atomic E-state index is 12.1. The lowest BCUT2D eigenvalue weighted by Crippen LogP contribution is -2.58. The number of nitrogens with zero attached hydrogens (tertiary/aromatic N) is 4. The molecule has 0 saturated heterocycles. The van der Waals surface area contributed by atoms with Gasteiger partial charge in [0.25, 0.3) is 5.91 Å². The molecule has 2 unspecified atom stereocenters. The van der Waals surface area contributed by atoms with Crippen LogP contribution < -0.4 is 16.4 Å². The third-order valence-electron chi connectivity index (χ3n) is 5.71. The predicted octanol–water partition coefficient (Wildman–Crippen LogP) is 3.83. The molecule has 0 aliphatic heterocycles. The molecule has 5 N–H and O–H groups in total. The SMILES string of the molecule is Cc1cc(C)nc(Nc2cc(NC3CCCCC3N(C(=O)O)C(C)(C)C)nnc2C(N)=O)c1. The molecule has 1 aliphatic rings. The second-order valence-corrected chi connectivity index (χ2v) is 9.58. The number of primary amides is 1. The third kappa shape index (κ3) is 5.88. The van der Waals surface area contributed by atoms with Crippen LogP contribution in [0.1, 0.15) is 68.2 Å². The van der Waals surface area contributed by atoms with Crippen LogP contribution in [-0.2, 0) is 0 Å². The first-order valence-corrected chi connectivity index (χ1v) is 11.1. The van der Waals surface area contributed by atoms with E-state index in [9.17, 15) is 14.7 Å². The molecule has 10 heteroatoms. The summed E-state index contributed by atoms with van der Waals surface area (Å²) in [6.45, 7) is 9.53. The minimum absolute atomic E-state index is 0.00329. The zero-order chi connectivity index (χ0) is 24.3. The van der Waals surface area contributed by atoms with Crippen LogP contribution in [0, 0.1) is 13.8 Å². The second kappa shape index (κ2) is 9.60. The Balaban J connectivity index is 1.91. The maximum Gasteiger partial charge on any atom is 0.408 e. The highest BCUT2D eigenvalue weighted by Gasteiger charge is 2.39. The van der Waals surface area contributed by atoms with Crippen LogP contribution in [0.2, 0.25) is 0 Å². The first-order valence-electron chi connectivity index (χ1n) is 11.1. The van der Waals surface area contributed by atoms with E-state index >= 15 is 0 Å². The summed E-state index contributed by atoms with van der Waals surface area (Å²) < 4.78 is 0. The van der Waals surface area contributed by atoms with Crippen LogP contribution in [0.4, 0.5) is 22.1 Å². The number of nitrogens with two attached hydrogens (primary N) is 1. The molecule has 178 valence electrons. The number of aryl methyl sites for hydroxylation is 2. The molecule has 1 fully saturated rings. The minimum Gasteiger partial charge on any atom is -0.465 e. The van der Waals surface area contributed by atoms with Crippen LogP contribution in [0.25, 0.3) is 0 Å². The van der Waals surface area contributed by atoms with Crippen molar-refractivity contribution in [3.05, 3.63) is 35.2 Å². The number of hydrogen-bond donors (Lipinski definition) is 4. The Hall–Kier alpha value is -3.43. The molecule has 2 amide bonds. The Morgan fingerprint density at radius 3 is 2.39 bits per heavy atom. The molecule has 0 aromatic carbocycles. The van der Waals surface area contributed by atoms with Gasteiger partial charge in [0.15, 0.2) is 11.5 Å². The normalized spacial score (nSPS) is 18.5. The topological polar surface area (TPSA) is 146 Å². The molecule has 2 aromatic rings. The minimum atomic E-state index is -0.945. The second-order valence-electron chi connectivity index (χ2n) is 9.58. The number of pyridine rings is 1. The standard InChI is InChI=1S/C23H33N7O3/c1-13-10-14(2)25-18(11-13)27-16-12-19(28-29-20(16)21(24)31)26-15-8-6-7-9-17(15)30(22(32)33)23(3,4)5/h10-12,15,17H,6-9H2,1-5H3,(H2,24,31)(H,32,33)(H2,25,26,27,28). The summed E-state index contributed by atoms with van der Waals surface area (Å²) in [6.07, 6.45) is 2.55. The van der Waals surface area contributed by atoms with Crippen LogP contribution in [0.3, 0.4) is 0 Å². The number of carbonyl (C=O) groups excluding carboxylic acids is 1. The van der Waals surface area contributed by atoms with Crippen molar-refractivity contribution >= 4 is 29.3 Å². The number of anilines is 3. The number of aromatic nitrogens is 3. The van der Waals surface area contributed by atoms with Gasteiger partial charge in [-0.15, -0.1) is 10.2 Å². The molecular formula is C23H33N7O3. The molecule has 0 bridgehead atoms. The molecule has 2 heterocycles. The van der Waals surface area contributed by atoms with Gasteiger partial charge in [-0.3, -0.25) is 9.69 Å². The fourth-order valence-corrected chi connectivity index (χ4v) is 4.49. The fraction of sp³-hybridized carbons (Fsp3) is 0.522. The Morgan fingerprint density at radius 1 is 1.09 bits per heavy atom. The lowest BCUT2D eigenvalue weighted by Gasteiger charge is -2.45. The number of rotatable bonds is 6. The zero-order valence-corrected chi connectivity index (χ0v) is 19.8. The van der Waals surface area contributed by atoms with Gasteiger partial charge in [-0.1, -0.05) is 12.8 Å². The van der Waals surface area contributed by atoms with Crippen molar-refractivity contribution in [2.75, 3.05) is 10.6 Å². The van der Waals surface area contributed by atoms with Gasteiger partial charge in [0, 0.05) is 23.3 Å². The summed E-state index contributed by atoms with van der Waals surface area (Å²) in [4.78, 5) is 30.0. The van der Waals surface area contributed by atoms with Crippen LogP contribution in [-0.4, -0.2) is 54.8 Å². The molecule has 10 nitrogen and oxygen atoms in total. The van der Waals surface area contributed by atoms with E-state index < -0.39 is 17.5 Å². The zero-order valence-electron chi connectivity index (χ0n) is 19.8. The third-order valence-corrected chi connectivity index (χ3v) is 5.71. The van der Waals surface area contributed by atoms with Gasteiger partial charge < -0.3 is 21.5 Å². The molecule has 1 aliphatic carbocycles. The van der Waals surface area contributed by atoms with E-state index in [1.165, 1.54) is 4.90 Å². The first-order chi connectivity index (χ1) is 15.5. The van der Waals surface area contributed by atoms with Crippen molar-refractivity contribution in [3.63, 3.8) is 0 Å². The molecular weight excluding hydrogens is 422 g/mol. The van der Waals surface area contributed by atoms with E-state index in [4.69, 9.17) is 5.73 Å². The summed E-state index contributed by atoms with van der Waals surface area (Å²) in [7, 11) is 0. The highest BCUT2D eigenvalue weighted by Crippen LogP contribution is 2.31. The van der Waals surface area contributed by atoms with Crippen molar-refractivity contribution in [1.29, 1.82) is 0 Å². The van der Waals surface area contributed by atoms with Gasteiger partial charge in [-0.05, 0) is 65.2 Å². The Labute approximate surface area is 194 Å². The van der Waals surface area contributed by atoms with Crippen molar-refractivity contribution in [3.8, 4) is 0 Å². The van der Waals surface area contributed by atoms with Gasteiger partial charge in [-0.25, -0.2) is 9.78 Å². The van der Waals surface area contributed by atoms with E-state index in [0.717, 1.165) is 36.9 Å². The van der Waals surface area contributed by atoms with E-state index in [0.29, 0.717) is 17.3 Å². The summed E-state index contributed by atoms with van der Waals surface area (Å²) in [5, 5.41) is 24.6. The highest BCUT2D eigenvalue weighted by atomic mass is 16.4. The van der Waals surface area contributed by atoms with Gasteiger partial charge >= 0.3 is 6.09 Å². The van der Waals surface area contributed by atoms with E-state index in [-0.39, 0.29) is 17.8 Å². The quantitative estimate of drug-likeness (QED) is 0.514. The van der Waals surface area contributed by atoms with Gasteiger partial charge in [0.05, 0.1) is 11.7 Å². The van der Waals surface area contributed by atoms with Crippen molar-refractivity contribution in [2.24, 2.45) is 5.73 Å². The van der Waals surface area contributed by atoms with Gasteiger partial charge in [0.2, 0.25) is 0 Å². The van der Waals surface area contributed by atoms with Crippen LogP contribution in [0.15, 0.2) is 18.2 Å². The highest BCUT2D eigenvalue weighted by molar-refractivity contribution is 5.97. The van der Waals surface area contributed by atoms with Crippen molar-refractivity contribution < 1.29 is 14.7 Å². The monoisotopic (exact) mass is 455 g/mol. The van der Waals surface area contributed by atoms with E-state index in [1.807, 2.05) is 46.8 Å². The van der Waals surface area contributed by atoms with E-state index in [1.54, 1.807) is 6.07 Å². The largest absolute Gasteiger partial charge is 0.465 e. The van der Waals surface area contributed by atoms with Gasteiger partial charge in [-0.2, -0.15) is 0 Å². The summed E-state index contributed by atoms with van der Waals surface area (Å²) in [5.74, 6) is 0.290. The van der Waals surface area contributed by atoms with Crippen LogP contribution in [0.5, 0.6) is 0 Å². The first kappa shape index (κ1) is 24.2. The average Bonchev–Trinajstić information content (AvgIpc) is 2.67. The van der Waals surface area contributed by atoms with Crippen LogP contribution >= 0.6 is 0 Å². The number of nitrogens with one attached hydrogen (secondary N) is 2. The molecule has 2 aromatic heterocycles.